The number of nitrogens with one attached hydrogen (secondary N) is 1. The summed E-state index contributed by atoms with van der Waals surface area (Å²) in [6.07, 6.45) is 7.06. The van der Waals surface area contributed by atoms with Gasteiger partial charge in [-0.05, 0) is 69.5 Å². The van der Waals surface area contributed by atoms with Gasteiger partial charge in [0.25, 0.3) is 0 Å². The number of H-pyrrole nitrogens is 1. The number of methoxy groups -OCH3 is 2. The van der Waals surface area contributed by atoms with Crippen LogP contribution >= 0.6 is 0 Å². The van der Waals surface area contributed by atoms with Gasteiger partial charge >= 0.3 is 0 Å². The first-order valence-corrected chi connectivity index (χ1v) is 12.8. The molecule has 3 aromatic rings. The zero-order valence-corrected chi connectivity index (χ0v) is 21.1. The lowest BCUT2D eigenvalue weighted by atomic mass is 9.91. The van der Waals surface area contributed by atoms with Gasteiger partial charge in [0.1, 0.15) is 0 Å². The molecule has 2 aromatic heterocycles. The van der Waals surface area contributed by atoms with Crippen LogP contribution in [0.1, 0.15) is 49.4 Å². The van der Waals surface area contributed by atoms with Gasteiger partial charge in [-0.2, -0.15) is 0 Å². The van der Waals surface area contributed by atoms with E-state index in [1.54, 1.807) is 14.2 Å². The van der Waals surface area contributed by atoms with E-state index in [9.17, 15) is 4.79 Å². The van der Waals surface area contributed by atoms with Crippen molar-refractivity contribution < 1.29 is 14.3 Å². The fourth-order valence-corrected chi connectivity index (χ4v) is 5.67. The van der Waals surface area contributed by atoms with Crippen molar-refractivity contribution in [3.63, 3.8) is 0 Å². The first kappa shape index (κ1) is 23.7. The molecule has 1 N–H and O–H groups in total. The highest BCUT2D eigenvalue weighted by molar-refractivity contribution is 5.97. The van der Waals surface area contributed by atoms with E-state index < -0.39 is 0 Å². The van der Waals surface area contributed by atoms with Gasteiger partial charge in [-0.15, -0.1) is 0 Å². The lowest BCUT2D eigenvalue weighted by Gasteiger charge is -2.32. The molecule has 1 amide bonds. The molecule has 186 valence electrons. The van der Waals surface area contributed by atoms with Crippen LogP contribution in [0, 0.1) is 6.92 Å². The van der Waals surface area contributed by atoms with Crippen molar-refractivity contribution in [2.45, 2.75) is 44.9 Å². The Morgan fingerprint density at radius 1 is 1.06 bits per heavy atom. The Morgan fingerprint density at radius 2 is 1.80 bits per heavy atom. The molecular formula is C28H36N4O3. The standard InChI is InChI=1S/C28H36N4O3/c1-19-28(21-6-7-25(34-2)26(16-21)35-3)22-17-23(29-18-24(22)30-19)20-8-14-32(15-9-20)27(33)10-13-31-11-4-5-12-31/h6-7,16-18,20,30H,4-5,8-15H2,1-3H3. The van der Waals surface area contributed by atoms with Crippen molar-refractivity contribution in [2.75, 3.05) is 46.9 Å². The van der Waals surface area contributed by atoms with Crippen LogP contribution in [0.5, 0.6) is 11.5 Å². The summed E-state index contributed by atoms with van der Waals surface area (Å²) >= 11 is 0. The largest absolute Gasteiger partial charge is 0.493 e. The topological polar surface area (TPSA) is 70.7 Å². The number of aromatic nitrogens is 2. The third-order valence-electron chi connectivity index (χ3n) is 7.67. The predicted molar refractivity (Wildman–Crippen MR) is 138 cm³/mol. The van der Waals surface area contributed by atoms with Gasteiger partial charge in [-0.25, -0.2) is 0 Å². The first-order chi connectivity index (χ1) is 17.1. The molecule has 0 bridgehead atoms. The van der Waals surface area contributed by atoms with E-state index in [1.807, 2.05) is 18.3 Å². The molecule has 0 saturated carbocycles. The quantitative estimate of drug-likeness (QED) is 0.533. The molecule has 0 spiro atoms. The molecule has 2 aliphatic heterocycles. The summed E-state index contributed by atoms with van der Waals surface area (Å²) in [6.45, 7) is 6.93. The molecule has 1 aromatic carbocycles. The fraction of sp³-hybridized carbons (Fsp3) is 0.500. The summed E-state index contributed by atoms with van der Waals surface area (Å²) in [5.41, 5.74) is 5.50. The third-order valence-corrected chi connectivity index (χ3v) is 7.67. The van der Waals surface area contributed by atoms with Crippen LogP contribution < -0.4 is 9.47 Å². The molecule has 7 heteroatoms. The van der Waals surface area contributed by atoms with E-state index in [2.05, 4.69) is 33.8 Å². The van der Waals surface area contributed by atoms with Crippen LogP contribution in [-0.2, 0) is 4.79 Å². The minimum atomic E-state index is 0.302. The van der Waals surface area contributed by atoms with Crippen LogP contribution in [0.25, 0.3) is 22.0 Å². The summed E-state index contributed by atoms with van der Waals surface area (Å²) < 4.78 is 11.0. The Kier molecular flexibility index (Phi) is 6.95. The molecule has 4 heterocycles. The van der Waals surface area contributed by atoms with Crippen LogP contribution in [0.3, 0.4) is 0 Å². The number of carbonyl (C=O) groups is 1. The number of fused-ring (bicyclic) bond motifs is 1. The Labute approximate surface area is 207 Å². The Balaban J connectivity index is 1.31. The van der Waals surface area contributed by atoms with Gasteiger partial charge in [0.05, 0.1) is 25.9 Å². The fourth-order valence-electron chi connectivity index (χ4n) is 5.67. The number of aryl methyl sites for hydroxylation is 1. The Bertz CT molecular complexity index is 1190. The molecule has 2 fully saturated rings. The van der Waals surface area contributed by atoms with Crippen LogP contribution in [-0.4, -0.2) is 72.6 Å². The van der Waals surface area contributed by atoms with E-state index in [0.717, 1.165) is 79.5 Å². The van der Waals surface area contributed by atoms with Gasteiger partial charge in [-0.1, -0.05) is 6.07 Å². The number of nitrogens with zero attached hydrogens (tertiary/aromatic N) is 3. The highest BCUT2D eigenvalue weighted by Gasteiger charge is 2.26. The second-order valence-electron chi connectivity index (χ2n) is 9.80. The van der Waals surface area contributed by atoms with Crippen molar-refractivity contribution in [3.05, 3.63) is 41.9 Å². The number of amides is 1. The molecule has 7 nitrogen and oxygen atoms in total. The molecule has 2 saturated heterocycles. The lowest BCUT2D eigenvalue weighted by Crippen LogP contribution is -2.39. The van der Waals surface area contributed by atoms with Crippen molar-refractivity contribution in [1.29, 1.82) is 0 Å². The monoisotopic (exact) mass is 476 g/mol. The summed E-state index contributed by atoms with van der Waals surface area (Å²) in [5.74, 6) is 2.11. The molecule has 2 aliphatic rings. The zero-order chi connectivity index (χ0) is 24.4. The van der Waals surface area contributed by atoms with Crippen molar-refractivity contribution in [2.24, 2.45) is 0 Å². The van der Waals surface area contributed by atoms with Crippen molar-refractivity contribution in [3.8, 4) is 22.6 Å². The van der Waals surface area contributed by atoms with Gasteiger partial charge in [0.15, 0.2) is 11.5 Å². The van der Waals surface area contributed by atoms with Crippen LogP contribution in [0.15, 0.2) is 30.5 Å². The zero-order valence-electron chi connectivity index (χ0n) is 21.1. The van der Waals surface area contributed by atoms with E-state index in [1.165, 1.54) is 23.8 Å². The van der Waals surface area contributed by atoms with Gasteiger partial charge in [-0.3, -0.25) is 9.78 Å². The van der Waals surface area contributed by atoms with Gasteiger partial charge in [0.2, 0.25) is 5.91 Å². The highest BCUT2D eigenvalue weighted by Crippen LogP contribution is 2.38. The lowest BCUT2D eigenvalue weighted by molar-refractivity contribution is -0.132. The number of likely N-dealkylation sites (tertiary alicyclic amines) is 2. The maximum absolute atomic E-state index is 12.7. The second kappa shape index (κ2) is 10.3. The van der Waals surface area contributed by atoms with E-state index in [-0.39, 0.29) is 0 Å². The molecule has 5 rings (SSSR count). The number of piperidine rings is 1. The molecular weight excluding hydrogens is 440 g/mol. The minimum Gasteiger partial charge on any atom is -0.493 e. The SMILES string of the molecule is COc1ccc(-c2c(C)[nH]c3cnc(C4CCN(C(=O)CCN5CCCC5)CC4)cc23)cc1OC. The van der Waals surface area contributed by atoms with Crippen LogP contribution in [0.4, 0.5) is 0 Å². The maximum Gasteiger partial charge on any atom is 0.223 e. The van der Waals surface area contributed by atoms with Crippen molar-refractivity contribution >= 4 is 16.8 Å². The Hall–Kier alpha value is -3.06. The van der Waals surface area contributed by atoms with Gasteiger partial charge in [0, 0.05) is 54.3 Å². The van der Waals surface area contributed by atoms with E-state index >= 15 is 0 Å². The summed E-state index contributed by atoms with van der Waals surface area (Å²) in [5, 5.41) is 1.17. The summed E-state index contributed by atoms with van der Waals surface area (Å²) in [4.78, 5) is 25.5. The first-order valence-electron chi connectivity index (χ1n) is 12.8. The number of ether oxygens (including phenoxy) is 2. The van der Waals surface area contributed by atoms with Crippen LogP contribution in [0.2, 0.25) is 0 Å². The Morgan fingerprint density at radius 3 is 2.51 bits per heavy atom. The van der Waals surface area contributed by atoms with Gasteiger partial charge < -0.3 is 24.3 Å². The predicted octanol–water partition coefficient (Wildman–Crippen LogP) is 4.75. The molecule has 35 heavy (non-hydrogen) atoms. The average Bonchev–Trinajstić information content (AvgIpc) is 3.53. The maximum atomic E-state index is 12.7. The molecule has 0 unspecified atom stereocenters. The number of hydrogen-bond acceptors (Lipinski definition) is 5. The number of pyridine rings is 1. The number of carbonyl (C=O) groups excluding carboxylic acids is 1. The van der Waals surface area contributed by atoms with E-state index in [4.69, 9.17) is 14.5 Å². The average molecular weight is 477 g/mol. The smallest absolute Gasteiger partial charge is 0.223 e. The highest BCUT2D eigenvalue weighted by atomic mass is 16.5. The number of hydrogen-bond donors (Lipinski definition) is 1. The number of benzene rings is 1. The molecule has 0 aliphatic carbocycles. The van der Waals surface area contributed by atoms with Crippen molar-refractivity contribution in [1.82, 2.24) is 19.8 Å². The summed E-state index contributed by atoms with van der Waals surface area (Å²) in [6, 6.07) is 8.29. The summed E-state index contributed by atoms with van der Waals surface area (Å²) in [7, 11) is 3.31. The number of aromatic amines is 1. The number of rotatable bonds is 7. The molecule has 0 atom stereocenters. The third kappa shape index (κ3) is 4.87. The second-order valence-corrected chi connectivity index (χ2v) is 9.80. The normalized spacial score (nSPS) is 17.3. The van der Waals surface area contributed by atoms with E-state index in [0.29, 0.717) is 18.2 Å². The molecule has 0 radical (unpaired) electrons. The minimum absolute atomic E-state index is 0.302.